The fraction of sp³-hybridized carbons (Fsp3) is 1.00. The summed E-state index contributed by atoms with van der Waals surface area (Å²) in [4.78, 5) is 2.43. The minimum atomic E-state index is 0.776. The third-order valence-electron chi connectivity index (χ3n) is 3.88. The van der Waals surface area contributed by atoms with Crippen LogP contribution in [0, 0.1) is 5.92 Å². The monoisotopic (exact) mass is 196 g/mol. The van der Waals surface area contributed by atoms with E-state index in [1.165, 1.54) is 45.2 Å². The van der Waals surface area contributed by atoms with Crippen molar-refractivity contribution in [3.05, 3.63) is 0 Å². The van der Waals surface area contributed by atoms with Gasteiger partial charge in [0.25, 0.3) is 0 Å². The highest BCUT2D eigenvalue weighted by atomic mass is 15.2. The van der Waals surface area contributed by atoms with E-state index in [1.807, 2.05) is 0 Å². The summed E-state index contributed by atoms with van der Waals surface area (Å²) >= 11 is 0. The Hall–Kier alpha value is -0.0800. The fourth-order valence-corrected chi connectivity index (χ4v) is 2.83. The van der Waals surface area contributed by atoms with E-state index in [1.54, 1.807) is 0 Å². The lowest BCUT2D eigenvalue weighted by molar-refractivity contribution is 0.284. The maximum atomic E-state index is 3.83. The zero-order valence-electron chi connectivity index (χ0n) is 9.63. The van der Waals surface area contributed by atoms with Crippen molar-refractivity contribution in [1.29, 1.82) is 0 Å². The number of likely N-dealkylation sites (N-methyl/N-ethyl adjacent to an activating group) is 1. The smallest absolute Gasteiger partial charge is 0.0209 e. The van der Waals surface area contributed by atoms with Crippen LogP contribution in [0.1, 0.15) is 39.0 Å². The molecule has 14 heavy (non-hydrogen) atoms. The van der Waals surface area contributed by atoms with E-state index in [0.717, 1.165) is 18.0 Å². The standard InChI is InChI=1S/C12H24N2/c1-10-3-5-11(6-4-10)13-12-7-8-14(2)9-12/h10-13H,3-9H2,1-2H3. The molecule has 0 bridgehead atoms. The average molecular weight is 196 g/mol. The minimum Gasteiger partial charge on any atom is -0.310 e. The Balaban J connectivity index is 1.70. The third kappa shape index (κ3) is 2.71. The molecule has 2 heteroatoms. The molecule has 1 heterocycles. The van der Waals surface area contributed by atoms with Gasteiger partial charge >= 0.3 is 0 Å². The molecule has 1 saturated carbocycles. The van der Waals surface area contributed by atoms with Gasteiger partial charge in [-0.2, -0.15) is 0 Å². The number of nitrogens with zero attached hydrogens (tertiary/aromatic N) is 1. The highest BCUT2D eigenvalue weighted by Gasteiger charge is 2.24. The van der Waals surface area contributed by atoms with Crippen molar-refractivity contribution >= 4 is 0 Å². The lowest BCUT2D eigenvalue weighted by Gasteiger charge is -2.29. The Bertz CT molecular complexity index is 173. The van der Waals surface area contributed by atoms with Crippen LogP contribution in [-0.2, 0) is 0 Å². The molecule has 2 rings (SSSR count). The lowest BCUT2D eigenvalue weighted by Crippen LogP contribution is -2.41. The first-order valence-corrected chi connectivity index (χ1v) is 6.18. The molecule has 82 valence electrons. The van der Waals surface area contributed by atoms with Crippen molar-refractivity contribution in [2.75, 3.05) is 20.1 Å². The molecule has 0 amide bonds. The van der Waals surface area contributed by atoms with Gasteiger partial charge in [-0.25, -0.2) is 0 Å². The highest BCUT2D eigenvalue weighted by Crippen LogP contribution is 2.24. The van der Waals surface area contributed by atoms with E-state index >= 15 is 0 Å². The van der Waals surface area contributed by atoms with Crippen molar-refractivity contribution in [3.63, 3.8) is 0 Å². The Morgan fingerprint density at radius 1 is 1.00 bits per heavy atom. The molecule has 0 spiro atoms. The Labute approximate surface area is 88.1 Å². The second-order valence-electron chi connectivity index (χ2n) is 5.37. The molecule has 1 aliphatic heterocycles. The van der Waals surface area contributed by atoms with Gasteiger partial charge in [-0.1, -0.05) is 6.92 Å². The molecule has 1 atom stereocenters. The van der Waals surface area contributed by atoms with Crippen LogP contribution in [0.2, 0.25) is 0 Å². The first kappa shape index (κ1) is 10.4. The maximum absolute atomic E-state index is 3.83. The summed E-state index contributed by atoms with van der Waals surface area (Å²) < 4.78 is 0. The fourth-order valence-electron chi connectivity index (χ4n) is 2.83. The van der Waals surface area contributed by atoms with Crippen molar-refractivity contribution < 1.29 is 0 Å². The largest absolute Gasteiger partial charge is 0.310 e. The number of nitrogens with one attached hydrogen (secondary N) is 1. The van der Waals surface area contributed by atoms with E-state index in [2.05, 4.69) is 24.2 Å². The van der Waals surface area contributed by atoms with Crippen molar-refractivity contribution in [2.45, 2.75) is 51.1 Å². The number of hydrogen-bond donors (Lipinski definition) is 1. The summed E-state index contributed by atoms with van der Waals surface area (Å²) in [5, 5.41) is 3.83. The summed E-state index contributed by atoms with van der Waals surface area (Å²) in [5.74, 6) is 0.972. The summed E-state index contributed by atoms with van der Waals surface area (Å²) in [5.41, 5.74) is 0. The van der Waals surface area contributed by atoms with Crippen molar-refractivity contribution in [1.82, 2.24) is 10.2 Å². The van der Waals surface area contributed by atoms with Gasteiger partial charge in [-0.15, -0.1) is 0 Å². The molecule has 0 aromatic heterocycles. The van der Waals surface area contributed by atoms with Crippen LogP contribution in [0.15, 0.2) is 0 Å². The SMILES string of the molecule is CC1CCC(NC2CCN(C)C2)CC1. The molecule has 0 aromatic carbocycles. The van der Waals surface area contributed by atoms with Gasteiger partial charge < -0.3 is 10.2 Å². The molecule has 1 N–H and O–H groups in total. The van der Waals surface area contributed by atoms with Crippen LogP contribution < -0.4 is 5.32 Å². The zero-order valence-corrected chi connectivity index (χ0v) is 9.63. The molecular weight excluding hydrogens is 172 g/mol. The Morgan fingerprint density at radius 2 is 1.71 bits per heavy atom. The average Bonchev–Trinajstić information content (AvgIpc) is 2.56. The van der Waals surface area contributed by atoms with Crippen LogP contribution in [0.5, 0.6) is 0 Å². The molecule has 2 nitrogen and oxygen atoms in total. The normalized spacial score (nSPS) is 40.3. The number of hydrogen-bond acceptors (Lipinski definition) is 2. The van der Waals surface area contributed by atoms with Gasteiger partial charge in [0.05, 0.1) is 0 Å². The molecule has 1 aliphatic carbocycles. The van der Waals surface area contributed by atoms with Gasteiger partial charge in [-0.05, 0) is 51.6 Å². The van der Waals surface area contributed by atoms with E-state index in [0.29, 0.717) is 0 Å². The van der Waals surface area contributed by atoms with Crippen molar-refractivity contribution in [2.24, 2.45) is 5.92 Å². The molecule has 0 radical (unpaired) electrons. The summed E-state index contributed by atoms with van der Waals surface area (Å²) in [6.07, 6.45) is 7.02. The van der Waals surface area contributed by atoms with E-state index in [4.69, 9.17) is 0 Å². The minimum absolute atomic E-state index is 0.776. The topological polar surface area (TPSA) is 15.3 Å². The summed E-state index contributed by atoms with van der Waals surface area (Å²) in [6.45, 7) is 4.92. The van der Waals surface area contributed by atoms with E-state index < -0.39 is 0 Å². The molecule has 2 aliphatic rings. The van der Waals surface area contributed by atoms with Crippen molar-refractivity contribution in [3.8, 4) is 0 Å². The molecule has 0 aromatic rings. The molecule has 1 saturated heterocycles. The lowest BCUT2D eigenvalue weighted by atomic mass is 9.87. The van der Waals surface area contributed by atoms with Gasteiger partial charge in [0.1, 0.15) is 0 Å². The van der Waals surface area contributed by atoms with Crippen LogP contribution >= 0.6 is 0 Å². The number of likely N-dealkylation sites (tertiary alicyclic amines) is 1. The summed E-state index contributed by atoms with van der Waals surface area (Å²) in [6, 6.07) is 1.60. The van der Waals surface area contributed by atoms with E-state index in [9.17, 15) is 0 Å². The van der Waals surface area contributed by atoms with Crippen LogP contribution in [-0.4, -0.2) is 37.1 Å². The molecular formula is C12H24N2. The Morgan fingerprint density at radius 3 is 2.29 bits per heavy atom. The number of rotatable bonds is 2. The quantitative estimate of drug-likeness (QED) is 0.725. The summed E-state index contributed by atoms with van der Waals surface area (Å²) in [7, 11) is 2.23. The molecule has 1 unspecified atom stereocenters. The van der Waals surface area contributed by atoms with Gasteiger partial charge in [0, 0.05) is 18.6 Å². The third-order valence-corrected chi connectivity index (χ3v) is 3.88. The first-order chi connectivity index (χ1) is 6.74. The first-order valence-electron chi connectivity index (χ1n) is 6.18. The van der Waals surface area contributed by atoms with E-state index in [-0.39, 0.29) is 0 Å². The predicted molar refractivity (Wildman–Crippen MR) is 60.5 cm³/mol. The van der Waals surface area contributed by atoms with Crippen LogP contribution in [0.4, 0.5) is 0 Å². The Kier molecular flexibility index (Phi) is 3.45. The van der Waals surface area contributed by atoms with Crippen LogP contribution in [0.3, 0.4) is 0 Å². The maximum Gasteiger partial charge on any atom is 0.0209 e. The zero-order chi connectivity index (χ0) is 9.97. The highest BCUT2D eigenvalue weighted by molar-refractivity contribution is 4.84. The van der Waals surface area contributed by atoms with Crippen LogP contribution in [0.25, 0.3) is 0 Å². The van der Waals surface area contributed by atoms with Gasteiger partial charge in [0.15, 0.2) is 0 Å². The predicted octanol–water partition coefficient (Wildman–Crippen LogP) is 1.86. The van der Waals surface area contributed by atoms with Gasteiger partial charge in [-0.3, -0.25) is 0 Å². The molecule has 2 fully saturated rings. The second kappa shape index (κ2) is 4.63. The van der Waals surface area contributed by atoms with Gasteiger partial charge in [0.2, 0.25) is 0 Å². The second-order valence-corrected chi connectivity index (χ2v) is 5.37.